The summed E-state index contributed by atoms with van der Waals surface area (Å²) >= 11 is 13.6. The van der Waals surface area contributed by atoms with Gasteiger partial charge >= 0.3 is 5.97 Å². The summed E-state index contributed by atoms with van der Waals surface area (Å²) in [5.74, 6) is -0.805. The quantitative estimate of drug-likeness (QED) is 0.464. The van der Waals surface area contributed by atoms with E-state index in [0.717, 1.165) is 23.5 Å². The molecule has 0 aliphatic heterocycles. The fraction of sp³-hybridized carbons (Fsp3) is 0.476. The molecule has 8 heteroatoms. The van der Waals surface area contributed by atoms with E-state index in [2.05, 4.69) is 36.3 Å². The second kappa shape index (κ2) is 12.2. The van der Waals surface area contributed by atoms with Crippen LogP contribution < -0.4 is 5.32 Å². The van der Waals surface area contributed by atoms with Crippen molar-refractivity contribution < 1.29 is 14.3 Å². The fourth-order valence-electron chi connectivity index (χ4n) is 2.68. The van der Waals surface area contributed by atoms with Gasteiger partial charge in [0, 0.05) is 22.0 Å². The van der Waals surface area contributed by atoms with Crippen LogP contribution in [-0.2, 0) is 20.7 Å². The Balaban J connectivity index is 1.69. The van der Waals surface area contributed by atoms with E-state index in [1.807, 2.05) is 0 Å². The highest BCUT2D eigenvalue weighted by Crippen LogP contribution is 2.26. The smallest absolute Gasteiger partial charge is 0.306 e. The number of rotatable bonds is 10. The van der Waals surface area contributed by atoms with Crippen LogP contribution in [0.4, 0.5) is 0 Å². The summed E-state index contributed by atoms with van der Waals surface area (Å²) < 4.78 is 5.05. The SMILES string of the molecule is CCC/C=C\c1nc(CCCC(=O)OCC(=O)NC2=C(Cl)C=C(Cl)CC2)sc1C. The summed E-state index contributed by atoms with van der Waals surface area (Å²) in [6, 6.07) is 0. The maximum absolute atomic E-state index is 11.9. The van der Waals surface area contributed by atoms with Crippen molar-refractivity contribution in [3.63, 3.8) is 0 Å². The highest BCUT2D eigenvalue weighted by Gasteiger charge is 2.15. The van der Waals surface area contributed by atoms with Crippen molar-refractivity contribution in [1.29, 1.82) is 0 Å². The van der Waals surface area contributed by atoms with Gasteiger partial charge < -0.3 is 10.1 Å². The molecule has 1 heterocycles. The molecule has 5 nitrogen and oxygen atoms in total. The number of nitrogens with one attached hydrogen (secondary N) is 1. The number of unbranched alkanes of at least 4 members (excludes halogenated alkanes) is 1. The summed E-state index contributed by atoms with van der Waals surface area (Å²) in [6.45, 7) is 3.87. The van der Waals surface area contributed by atoms with E-state index in [0.29, 0.717) is 41.4 Å². The number of halogens is 2. The van der Waals surface area contributed by atoms with E-state index in [1.54, 1.807) is 17.4 Å². The van der Waals surface area contributed by atoms with Crippen LogP contribution in [0.1, 0.15) is 61.0 Å². The number of amides is 1. The first-order chi connectivity index (χ1) is 13.9. The molecule has 2 rings (SSSR count). The molecule has 29 heavy (non-hydrogen) atoms. The van der Waals surface area contributed by atoms with E-state index in [9.17, 15) is 9.59 Å². The monoisotopic (exact) mass is 456 g/mol. The van der Waals surface area contributed by atoms with E-state index in [1.165, 1.54) is 4.88 Å². The van der Waals surface area contributed by atoms with Crippen molar-refractivity contribution in [3.05, 3.63) is 43.5 Å². The number of ether oxygens (including phenoxy) is 1. The molecule has 1 N–H and O–H groups in total. The third-order valence-corrected chi connectivity index (χ3v) is 5.90. The van der Waals surface area contributed by atoms with Gasteiger partial charge in [0.2, 0.25) is 0 Å². The van der Waals surface area contributed by atoms with Gasteiger partial charge in [0.25, 0.3) is 5.91 Å². The highest BCUT2D eigenvalue weighted by atomic mass is 35.5. The number of hydrogen-bond donors (Lipinski definition) is 1. The molecular formula is C21H26Cl2N2O3S. The molecule has 158 valence electrons. The van der Waals surface area contributed by atoms with Gasteiger partial charge in [0.1, 0.15) is 0 Å². The molecule has 0 atom stereocenters. The predicted molar refractivity (Wildman–Crippen MR) is 119 cm³/mol. The summed E-state index contributed by atoms with van der Waals surface area (Å²) in [5.41, 5.74) is 1.60. The van der Waals surface area contributed by atoms with Crippen LogP contribution in [0.2, 0.25) is 0 Å². The van der Waals surface area contributed by atoms with E-state index >= 15 is 0 Å². The first-order valence-corrected chi connectivity index (χ1v) is 11.3. The first kappa shape index (κ1) is 23.6. The standard InChI is InChI=1S/C21H26Cl2N2O3S/c1-3-4-5-7-17-14(2)29-20(25-17)8-6-9-21(27)28-13-19(26)24-18-11-10-15(22)12-16(18)23/h5,7,12H,3-4,6,8-11,13H2,1-2H3,(H,24,26)/b7-5-. The van der Waals surface area contributed by atoms with E-state index in [4.69, 9.17) is 27.9 Å². The fourth-order valence-corrected chi connectivity index (χ4v) is 4.17. The largest absolute Gasteiger partial charge is 0.456 e. The van der Waals surface area contributed by atoms with Crippen LogP contribution in [0.15, 0.2) is 27.9 Å². The van der Waals surface area contributed by atoms with Crippen LogP contribution in [0.3, 0.4) is 0 Å². The predicted octanol–water partition coefficient (Wildman–Crippen LogP) is 5.61. The highest BCUT2D eigenvalue weighted by molar-refractivity contribution is 7.11. The van der Waals surface area contributed by atoms with Gasteiger partial charge in [-0.15, -0.1) is 11.3 Å². The van der Waals surface area contributed by atoms with Gasteiger partial charge in [0.15, 0.2) is 6.61 Å². The zero-order chi connectivity index (χ0) is 21.2. The molecule has 0 radical (unpaired) electrons. The molecule has 1 amide bonds. The minimum absolute atomic E-state index is 0.245. The second-order valence-corrected chi connectivity index (χ2v) is 8.90. The number of aryl methyl sites for hydroxylation is 2. The topological polar surface area (TPSA) is 68.3 Å². The van der Waals surface area contributed by atoms with Gasteiger partial charge in [-0.25, -0.2) is 4.98 Å². The third kappa shape index (κ3) is 8.33. The molecule has 0 aromatic carbocycles. The lowest BCUT2D eigenvalue weighted by molar-refractivity contribution is -0.148. The van der Waals surface area contributed by atoms with Crippen LogP contribution >= 0.6 is 34.5 Å². The lowest BCUT2D eigenvalue weighted by atomic mass is 10.1. The Morgan fingerprint density at radius 3 is 2.86 bits per heavy atom. The molecule has 0 unspecified atom stereocenters. The van der Waals surface area contributed by atoms with Crippen molar-refractivity contribution in [2.75, 3.05) is 6.61 Å². The van der Waals surface area contributed by atoms with Crippen molar-refractivity contribution in [2.24, 2.45) is 0 Å². The summed E-state index contributed by atoms with van der Waals surface area (Å²) in [5, 5.41) is 4.74. The number of esters is 1. The Hall–Kier alpha value is -1.63. The molecule has 0 spiro atoms. The number of aromatic nitrogens is 1. The van der Waals surface area contributed by atoms with Gasteiger partial charge in [-0.3, -0.25) is 9.59 Å². The number of nitrogens with zero attached hydrogens (tertiary/aromatic N) is 1. The summed E-state index contributed by atoms with van der Waals surface area (Å²) in [7, 11) is 0. The Morgan fingerprint density at radius 2 is 2.14 bits per heavy atom. The Bertz CT molecular complexity index is 828. The van der Waals surface area contributed by atoms with Gasteiger partial charge in [-0.1, -0.05) is 42.6 Å². The molecule has 1 aliphatic rings. The van der Waals surface area contributed by atoms with Crippen molar-refractivity contribution in [1.82, 2.24) is 10.3 Å². The zero-order valence-electron chi connectivity index (χ0n) is 16.7. The van der Waals surface area contributed by atoms with Crippen molar-refractivity contribution >= 4 is 52.5 Å². The Labute approximate surface area is 185 Å². The average molecular weight is 457 g/mol. The summed E-state index contributed by atoms with van der Waals surface area (Å²) in [4.78, 5) is 29.6. The van der Waals surface area contributed by atoms with Crippen LogP contribution in [0, 0.1) is 6.92 Å². The number of carbonyl (C=O) groups excluding carboxylic acids is 2. The van der Waals surface area contributed by atoms with E-state index in [-0.39, 0.29) is 13.0 Å². The number of thiazole rings is 1. The lowest BCUT2D eigenvalue weighted by Gasteiger charge is -2.15. The summed E-state index contributed by atoms with van der Waals surface area (Å²) in [6.07, 6.45) is 10.7. The molecule has 0 saturated heterocycles. The minimum Gasteiger partial charge on any atom is -0.456 e. The Kier molecular flexibility index (Phi) is 9.91. The molecule has 1 aliphatic carbocycles. The minimum atomic E-state index is -0.406. The van der Waals surface area contributed by atoms with Gasteiger partial charge in [-0.2, -0.15) is 0 Å². The van der Waals surface area contributed by atoms with E-state index < -0.39 is 11.9 Å². The molecule has 1 aromatic rings. The molecule has 0 bridgehead atoms. The van der Waals surface area contributed by atoms with Crippen molar-refractivity contribution in [2.45, 2.75) is 58.8 Å². The van der Waals surface area contributed by atoms with Crippen LogP contribution in [0.5, 0.6) is 0 Å². The molecule has 1 aromatic heterocycles. The molecule has 0 saturated carbocycles. The first-order valence-electron chi connectivity index (χ1n) is 9.72. The number of allylic oxidation sites excluding steroid dienone is 5. The number of hydrogen-bond acceptors (Lipinski definition) is 5. The maximum atomic E-state index is 11.9. The Morgan fingerprint density at radius 1 is 1.34 bits per heavy atom. The average Bonchev–Trinajstić information content (AvgIpc) is 3.02. The maximum Gasteiger partial charge on any atom is 0.306 e. The van der Waals surface area contributed by atoms with Crippen LogP contribution in [-0.4, -0.2) is 23.5 Å². The van der Waals surface area contributed by atoms with Crippen LogP contribution in [0.25, 0.3) is 6.08 Å². The third-order valence-electron chi connectivity index (χ3n) is 4.22. The molecular weight excluding hydrogens is 431 g/mol. The molecule has 0 fully saturated rings. The normalized spacial score (nSPS) is 14.3. The van der Waals surface area contributed by atoms with Crippen molar-refractivity contribution in [3.8, 4) is 0 Å². The zero-order valence-corrected chi connectivity index (χ0v) is 19.1. The number of carbonyl (C=O) groups is 2. The van der Waals surface area contributed by atoms with Gasteiger partial charge in [0.05, 0.1) is 15.7 Å². The lowest BCUT2D eigenvalue weighted by Crippen LogP contribution is -2.29. The second-order valence-electron chi connectivity index (χ2n) is 6.72. The van der Waals surface area contributed by atoms with Gasteiger partial charge in [-0.05, 0) is 51.2 Å².